The number of nitrogens with zero attached hydrogens (tertiary/aromatic N) is 2. The quantitative estimate of drug-likeness (QED) is 0.123. The molecule has 1 radical (unpaired) electrons. The summed E-state index contributed by atoms with van der Waals surface area (Å²) < 4.78 is 96.4. The van der Waals surface area contributed by atoms with Crippen molar-refractivity contribution in [3.8, 4) is 44.8 Å². The van der Waals surface area contributed by atoms with Crippen LogP contribution >= 0.6 is 0 Å². The summed E-state index contributed by atoms with van der Waals surface area (Å²) in [6.45, 7) is 4.83. The maximum atomic E-state index is 8.39. The molecule has 3 heterocycles. The minimum absolute atomic E-state index is 0. The van der Waals surface area contributed by atoms with Gasteiger partial charge in [0.25, 0.3) is 0 Å². The van der Waals surface area contributed by atoms with Crippen molar-refractivity contribution in [1.29, 1.82) is 0 Å². The summed E-state index contributed by atoms with van der Waals surface area (Å²) in [4.78, 5) is 8.99. The molecule has 0 aliphatic heterocycles. The van der Waals surface area contributed by atoms with Crippen molar-refractivity contribution in [1.82, 2.24) is 9.97 Å². The number of rotatable bonds is 6. The van der Waals surface area contributed by atoms with Gasteiger partial charge in [-0.3, -0.25) is 0 Å². The zero-order chi connectivity index (χ0) is 50.8. The fraction of sp³-hybridized carbons (Fsp3) is 0.200. The average Bonchev–Trinajstić information content (AvgIpc) is 3.70. The van der Waals surface area contributed by atoms with E-state index in [0.29, 0.717) is 50.4 Å². The Morgan fingerprint density at radius 2 is 1.40 bits per heavy atom. The molecule has 3 nitrogen and oxygen atoms in total. The summed E-state index contributed by atoms with van der Waals surface area (Å²) in [6.07, 6.45) is 1.36. The SMILES string of the molecule is [2H]C([2H])([2H])c1c[c-]c(-c2ccc(C([2H])([2H])C(C)(C)C)cn2)cc1-c1ccccc1.[2H]C([2H])([2H])c1cnc(-c2[c-]ccc3c2oc2c4ccccc4ccc32)cc1-c1ccc([Si](C)(C)C)cc1C([2H])([2H])[2H].[Ir]. The van der Waals surface area contributed by atoms with E-state index in [1.165, 1.54) is 12.3 Å². The van der Waals surface area contributed by atoms with E-state index >= 15 is 0 Å². The first-order chi connectivity index (χ1) is 32.6. The van der Waals surface area contributed by atoms with E-state index in [-0.39, 0.29) is 36.8 Å². The molecule has 0 unspecified atom stereocenters. The van der Waals surface area contributed by atoms with Gasteiger partial charge in [-0.2, -0.15) is 0 Å². The first kappa shape index (κ1) is 30.6. The second kappa shape index (κ2) is 17.3. The zero-order valence-electron chi connectivity index (χ0n) is 45.4. The zero-order valence-corrected chi connectivity index (χ0v) is 37.8. The van der Waals surface area contributed by atoms with E-state index in [4.69, 9.17) is 19.5 Å². The number of furan rings is 1. The van der Waals surface area contributed by atoms with Crippen LogP contribution in [0.5, 0.6) is 0 Å². The largest absolute Gasteiger partial charge is 0.500 e. The van der Waals surface area contributed by atoms with Gasteiger partial charge in [0.1, 0.15) is 5.58 Å². The van der Waals surface area contributed by atoms with Crippen molar-refractivity contribution in [2.75, 3.05) is 0 Å². The molecule has 0 fully saturated rings. The van der Waals surface area contributed by atoms with Gasteiger partial charge < -0.3 is 14.4 Å². The summed E-state index contributed by atoms with van der Waals surface area (Å²) in [5, 5.41) is 4.89. The number of benzene rings is 6. The van der Waals surface area contributed by atoms with E-state index in [1.54, 1.807) is 48.7 Å². The van der Waals surface area contributed by atoms with Crippen LogP contribution in [0.25, 0.3) is 77.5 Å². The summed E-state index contributed by atoms with van der Waals surface area (Å²) in [7, 11) is -1.84. The maximum absolute atomic E-state index is 8.39. The molecule has 9 aromatic rings. The number of fused-ring (bicyclic) bond motifs is 5. The van der Waals surface area contributed by atoms with E-state index in [1.807, 2.05) is 93.6 Å². The molecule has 0 aliphatic carbocycles. The first-order valence-corrected chi connectivity index (χ1v) is 23.1. The molecule has 0 N–H and O–H groups in total. The Hall–Kier alpha value is -5.45. The molecule has 9 rings (SSSR count). The number of pyridine rings is 2. The summed E-state index contributed by atoms with van der Waals surface area (Å²) in [5.41, 5.74) is 6.09. The standard InChI is InChI=1S/C32H28NOSi.C23H24N.Ir/c1-20-17-23(35(3,4)5)14-16-24(20)29-18-30(33-19-21(29)2)28-12-8-11-26-27-15-13-22-9-6-7-10-25(22)31(27)34-32(26)28;1-17-10-12-20(14-21(17)19-8-6-5-7-9-19)22-13-11-18(16-24-22)15-23(2,3)4;/h6-11,13-19H,1-5H3;5-11,13-14,16H,15H2,1-4H3;/q2*-1;/i1D3,2D3;1D3,15D2;. The van der Waals surface area contributed by atoms with Gasteiger partial charge in [-0.15, -0.1) is 47.5 Å². The summed E-state index contributed by atoms with van der Waals surface area (Å²) in [6, 6.07) is 45.4. The van der Waals surface area contributed by atoms with Crippen LogP contribution in [0, 0.1) is 38.1 Å². The van der Waals surface area contributed by atoms with Gasteiger partial charge in [-0.25, -0.2) is 0 Å². The van der Waals surface area contributed by atoms with Gasteiger partial charge in [0.05, 0.1) is 13.7 Å². The van der Waals surface area contributed by atoms with Crippen molar-refractivity contribution in [2.24, 2.45) is 5.41 Å². The van der Waals surface area contributed by atoms with Crippen LogP contribution in [-0.4, -0.2) is 18.0 Å². The van der Waals surface area contributed by atoms with E-state index in [2.05, 4.69) is 47.8 Å². The van der Waals surface area contributed by atoms with Crippen LogP contribution in [0.1, 0.15) is 58.1 Å². The third kappa shape index (κ3) is 9.00. The average molecular weight is 988 g/mol. The Morgan fingerprint density at radius 1 is 0.650 bits per heavy atom. The number of aryl methyl sites for hydroxylation is 3. The number of hydrogen-bond acceptors (Lipinski definition) is 3. The van der Waals surface area contributed by atoms with Crippen LogP contribution < -0.4 is 5.19 Å². The monoisotopic (exact) mass is 988 g/mol. The van der Waals surface area contributed by atoms with Gasteiger partial charge in [0.15, 0.2) is 0 Å². The van der Waals surface area contributed by atoms with Gasteiger partial charge in [0, 0.05) is 58.3 Å². The Labute approximate surface area is 385 Å². The van der Waals surface area contributed by atoms with Crippen molar-refractivity contribution in [3.63, 3.8) is 0 Å². The second-order valence-corrected chi connectivity index (χ2v) is 21.9. The minimum atomic E-state index is -2.50. The molecule has 0 bridgehead atoms. The third-order valence-electron chi connectivity index (χ3n) is 10.3. The fourth-order valence-electron chi connectivity index (χ4n) is 7.28. The number of hydrogen-bond donors (Lipinski definition) is 0. The second-order valence-electron chi connectivity index (χ2n) is 16.8. The molecule has 0 atom stereocenters. The molecule has 60 heavy (non-hydrogen) atoms. The predicted octanol–water partition coefficient (Wildman–Crippen LogP) is 14.5. The van der Waals surface area contributed by atoms with Crippen LogP contribution in [-0.2, 0) is 26.5 Å². The topological polar surface area (TPSA) is 38.9 Å². The van der Waals surface area contributed by atoms with Crippen molar-refractivity contribution >= 4 is 46.0 Å². The van der Waals surface area contributed by atoms with Gasteiger partial charge >= 0.3 is 0 Å². The Bertz CT molecular complexity index is 3390. The molecule has 5 heteroatoms. The molecule has 0 spiro atoms. The Balaban J connectivity index is 0.000000219. The molecule has 0 aliphatic rings. The molecule has 303 valence electrons. The number of aromatic nitrogens is 2. The van der Waals surface area contributed by atoms with Crippen molar-refractivity contribution < 1.29 is 39.6 Å². The van der Waals surface area contributed by atoms with Crippen LogP contribution in [0.3, 0.4) is 0 Å². The van der Waals surface area contributed by atoms with Crippen LogP contribution in [0.4, 0.5) is 0 Å². The molecule has 0 saturated carbocycles. The van der Waals surface area contributed by atoms with Gasteiger partial charge in [0.2, 0.25) is 0 Å². The molecular formula is C55H52IrN2OSi-2. The van der Waals surface area contributed by atoms with E-state index in [9.17, 15) is 0 Å². The fourth-order valence-corrected chi connectivity index (χ4v) is 8.44. The van der Waals surface area contributed by atoms with Crippen molar-refractivity contribution in [2.45, 2.75) is 67.3 Å². The summed E-state index contributed by atoms with van der Waals surface area (Å²) in [5.74, 6) is 0. The minimum Gasteiger partial charge on any atom is -0.500 e. The first-order valence-electron chi connectivity index (χ1n) is 25.1. The Kier molecular flexibility index (Phi) is 8.79. The van der Waals surface area contributed by atoms with Crippen LogP contribution in [0.2, 0.25) is 19.6 Å². The smallest absolute Gasteiger partial charge is 0.128 e. The molecule has 3 aromatic heterocycles. The van der Waals surface area contributed by atoms with Crippen molar-refractivity contribution in [3.05, 3.63) is 174 Å². The normalized spacial score (nSPS) is 15.3. The maximum Gasteiger partial charge on any atom is 0.128 e. The van der Waals surface area contributed by atoms with Crippen LogP contribution in [0.15, 0.2) is 144 Å². The molecule has 0 amide bonds. The summed E-state index contributed by atoms with van der Waals surface area (Å²) >= 11 is 0. The van der Waals surface area contributed by atoms with Gasteiger partial charge in [-0.05, 0) is 75.6 Å². The molecule has 6 aromatic carbocycles. The predicted molar refractivity (Wildman–Crippen MR) is 253 cm³/mol. The molecular weight excluding hydrogens is 925 g/mol. The van der Waals surface area contributed by atoms with E-state index < -0.39 is 40.4 Å². The Morgan fingerprint density at radius 3 is 2.13 bits per heavy atom. The van der Waals surface area contributed by atoms with Gasteiger partial charge in [-0.1, -0.05) is 172 Å². The van der Waals surface area contributed by atoms with E-state index in [0.717, 1.165) is 37.9 Å². The third-order valence-corrected chi connectivity index (χ3v) is 12.3. The molecule has 0 saturated heterocycles.